The van der Waals surface area contributed by atoms with Crippen molar-refractivity contribution in [3.63, 3.8) is 0 Å². The molecule has 28 heavy (non-hydrogen) atoms. The van der Waals surface area contributed by atoms with Gasteiger partial charge in [0.2, 0.25) is 0 Å². The number of nitrogens with zero attached hydrogens (tertiary/aromatic N) is 2. The monoisotopic (exact) mass is 419 g/mol. The minimum Gasteiger partial charge on any atom is -0.493 e. The second-order valence-corrected chi connectivity index (χ2v) is 7.18. The number of rotatable bonds is 10. The van der Waals surface area contributed by atoms with Crippen LogP contribution >= 0.6 is 23.2 Å². The van der Waals surface area contributed by atoms with E-state index in [1.54, 1.807) is 19.4 Å². The number of ether oxygens (including phenoxy) is 2. The van der Waals surface area contributed by atoms with Crippen molar-refractivity contribution in [3.8, 4) is 11.5 Å². The van der Waals surface area contributed by atoms with E-state index in [0.29, 0.717) is 34.7 Å². The molecule has 0 radical (unpaired) electrons. The first-order chi connectivity index (χ1) is 13.7. The van der Waals surface area contributed by atoms with Gasteiger partial charge >= 0.3 is 0 Å². The van der Waals surface area contributed by atoms with Crippen molar-refractivity contribution in [2.45, 2.75) is 26.1 Å². The third-order valence-corrected chi connectivity index (χ3v) is 4.89. The molecular formula is C21H23Cl2N3O2. The van der Waals surface area contributed by atoms with E-state index in [2.05, 4.69) is 14.9 Å². The Kier molecular flexibility index (Phi) is 7.60. The maximum atomic E-state index is 6.45. The zero-order valence-corrected chi connectivity index (χ0v) is 17.2. The van der Waals surface area contributed by atoms with Crippen LogP contribution in [0.2, 0.25) is 10.0 Å². The fourth-order valence-corrected chi connectivity index (χ4v) is 3.10. The lowest BCUT2D eigenvalue weighted by atomic mass is 10.2. The largest absolute Gasteiger partial charge is 0.493 e. The second-order valence-electron chi connectivity index (χ2n) is 6.34. The van der Waals surface area contributed by atoms with Gasteiger partial charge in [-0.2, -0.15) is 0 Å². The van der Waals surface area contributed by atoms with Gasteiger partial charge in [0.1, 0.15) is 6.61 Å². The van der Waals surface area contributed by atoms with Crippen molar-refractivity contribution in [1.82, 2.24) is 14.9 Å². The number of nitrogens with one attached hydrogen (secondary N) is 1. The van der Waals surface area contributed by atoms with Crippen LogP contribution in [0.5, 0.6) is 11.5 Å². The van der Waals surface area contributed by atoms with Crippen LogP contribution in [0.3, 0.4) is 0 Å². The maximum absolute atomic E-state index is 6.45. The molecule has 1 heterocycles. The Hall–Kier alpha value is -2.21. The summed E-state index contributed by atoms with van der Waals surface area (Å²) in [5, 5.41) is 4.76. The summed E-state index contributed by atoms with van der Waals surface area (Å²) in [7, 11) is 1.63. The Bertz CT molecular complexity index is 868. The van der Waals surface area contributed by atoms with E-state index in [0.717, 1.165) is 30.6 Å². The third kappa shape index (κ3) is 5.89. The fourth-order valence-electron chi connectivity index (χ4n) is 2.76. The maximum Gasteiger partial charge on any atom is 0.163 e. The molecule has 0 saturated heterocycles. The van der Waals surface area contributed by atoms with Crippen molar-refractivity contribution in [2.75, 3.05) is 13.7 Å². The second kappa shape index (κ2) is 10.4. The van der Waals surface area contributed by atoms with Crippen LogP contribution in [-0.2, 0) is 19.7 Å². The number of aryl methyl sites for hydroxylation is 1. The zero-order chi connectivity index (χ0) is 19.8. The lowest BCUT2D eigenvalue weighted by Crippen LogP contribution is -2.16. The highest BCUT2D eigenvalue weighted by molar-refractivity contribution is 6.31. The third-order valence-electron chi connectivity index (χ3n) is 4.28. The number of aromatic nitrogens is 2. The summed E-state index contributed by atoms with van der Waals surface area (Å²) < 4.78 is 13.4. The zero-order valence-electron chi connectivity index (χ0n) is 15.7. The molecule has 1 N–H and O–H groups in total. The molecular weight excluding hydrogens is 397 g/mol. The molecule has 1 aromatic heterocycles. The van der Waals surface area contributed by atoms with Crippen LogP contribution < -0.4 is 14.8 Å². The van der Waals surface area contributed by atoms with Crippen molar-refractivity contribution in [1.29, 1.82) is 0 Å². The van der Waals surface area contributed by atoms with E-state index in [1.807, 2.05) is 42.9 Å². The molecule has 5 nitrogen and oxygen atoms in total. The quantitative estimate of drug-likeness (QED) is 0.471. The van der Waals surface area contributed by atoms with Gasteiger partial charge in [0.05, 0.1) is 13.4 Å². The molecule has 0 aliphatic rings. The van der Waals surface area contributed by atoms with Gasteiger partial charge in [0, 0.05) is 41.6 Å². The number of halogens is 2. The highest BCUT2D eigenvalue weighted by Crippen LogP contribution is 2.34. The van der Waals surface area contributed by atoms with E-state index in [1.165, 1.54) is 0 Å². The predicted octanol–water partition coefficient (Wildman–Crippen LogP) is 4.96. The molecule has 0 fully saturated rings. The number of benzene rings is 2. The van der Waals surface area contributed by atoms with Gasteiger partial charge in [-0.25, -0.2) is 4.98 Å². The Balaban J connectivity index is 1.53. The summed E-state index contributed by atoms with van der Waals surface area (Å²) in [6.07, 6.45) is 6.58. The van der Waals surface area contributed by atoms with E-state index >= 15 is 0 Å². The molecule has 3 aromatic rings. The van der Waals surface area contributed by atoms with Gasteiger partial charge in [-0.1, -0.05) is 35.3 Å². The molecule has 7 heteroatoms. The molecule has 0 spiro atoms. The first-order valence-electron chi connectivity index (χ1n) is 9.06. The molecule has 0 bridgehead atoms. The standard InChI is InChI=1S/C21H23Cl2N3O2/c1-27-20-11-17(13-24-7-2-9-26-10-8-25-15-26)19(23)12-21(20)28-14-16-3-5-18(22)6-4-16/h3-6,8,10-12,15,24H,2,7,9,13-14H2,1H3. The van der Waals surface area contributed by atoms with E-state index in [9.17, 15) is 0 Å². The molecule has 0 atom stereocenters. The number of imidazole rings is 1. The smallest absolute Gasteiger partial charge is 0.163 e. The highest BCUT2D eigenvalue weighted by Gasteiger charge is 2.11. The number of methoxy groups -OCH3 is 1. The molecule has 0 aliphatic carbocycles. The molecule has 0 unspecified atom stereocenters. The lowest BCUT2D eigenvalue weighted by Gasteiger charge is -2.14. The van der Waals surface area contributed by atoms with Gasteiger partial charge in [0.25, 0.3) is 0 Å². The van der Waals surface area contributed by atoms with Gasteiger partial charge in [-0.3, -0.25) is 0 Å². The van der Waals surface area contributed by atoms with Gasteiger partial charge in [-0.15, -0.1) is 0 Å². The van der Waals surface area contributed by atoms with Crippen LogP contribution in [0.4, 0.5) is 0 Å². The number of hydrogen-bond donors (Lipinski definition) is 1. The topological polar surface area (TPSA) is 48.3 Å². The van der Waals surface area contributed by atoms with Crippen molar-refractivity contribution in [2.24, 2.45) is 0 Å². The van der Waals surface area contributed by atoms with E-state index in [-0.39, 0.29) is 0 Å². The molecule has 148 valence electrons. The minimum absolute atomic E-state index is 0.412. The first-order valence-corrected chi connectivity index (χ1v) is 9.81. The summed E-state index contributed by atoms with van der Waals surface area (Å²) >= 11 is 12.4. The number of hydrogen-bond acceptors (Lipinski definition) is 4. The average Bonchev–Trinajstić information content (AvgIpc) is 3.22. The van der Waals surface area contributed by atoms with Gasteiger partial charge in [0.15, 0.2) is 11.5 Å². The van der Waals surface area contributed by atoms with Crippen LogP contribution in [-0.4, -0.2) is 23.2 Å². The molecule has 0 aliphatic heterocycles. The summed E-state index contributed by atoms with van der Waals surface area (Å²) in [6, 6.07) is 11.3. The van der Waals surface area contributed by atoms with Crippen molar-refractivity contribution >= 4 is 23.2 Å². The summed E-state index contributed by atoms with van der Waals surface area (Å²) in [5.74, 6) is 1.28. The normalized spacial score (nSPS) is 10.8. The summed E-state index contributed by atoms with van der Waals surface area (Å²) in [4.78, 5) is 4.04. The van der Waals surface area contributed by atoms with Crippen molar-refractivity contribution < 1.29 is 9.47 Å². The molecule has 2 aromatic carbocycles. The van der Waals surface area contributed by atoms with Crippen LogP contribution in [0.1, 0.15) is 17.5 Å². The van der Waals surface area contributed by atoms with Crippen LogP contribution in [0.15, 0.2) is 55.1 Å². The Labute approximate surface area is 175 Å². The van der Waals surface area contributed by atoms with E-state index in [4.69, 9.17) is 32.7 Å². The predicted molar refractivity (Wildman–Crippen MR) is 112 cm³/mol. The minimum atomic E-state index is 0.412. The first kappa shape index (κ1) is 20.5. The van der Waals surface area contributed by atoms with E-state index < -0.39 is 0 Å². The van der Waals surface area contributed by atoms with Gasteiger partial charge < -0.3 is 19.4 Å². The summed E-state index contributed by atoms with van der Waals surface area (Å²) in [6.45, 7) is 2.89. The van der Waals surface area contributed by atoms with Gasteiger partial charge in [-0.05, 0) is 42.3 Å². The van der Waals surface area contributed by atoms with Crippen molar-refractivity contribution in [3.05, 3.63) is 76.3 Å². The molecule has 0 amide bonds. The summed E-state index contributed by atoms with van der Waals surface area (Å²) in [5.41, 5.74) is 1.99. The SMILES string of the molecule is COc1cc(CNCCCn2ccnc2)c(Cl)cc1OCc1ccc(Cl)cc1. The van der Waals surface area contributed by atoms with Crippen LogP contribution in [0.25, 0.3) is 0 Å². The molecule has 0 saturated carbocycles. The highest BCUT2D eigenvalue weighted by atomic mass is 35.5. The Morgan fingerprint density at radius 2 is 1.93 bits per heavy atom. The Morgan fingerprint density at radius 3 is 2.64 bits per heavy atom. The molecule has 3 rings (SSSR count). The average molecular weight is 420 g/mol. The fraction of sp³-hybridized carbons (Fsp3) is 0.286. The Morgan fingerprint density at radius 1 is 1.11 bits per heavy atom. The lowest BCUT2D eigenvalue weighted by molar-refractivity contribution is 0.284. The van der Waals surface area contributed by atoms with Crippen LogP contribution in [0, 0.1) is 0 Å².